The van der Waals surface area contributed by atoms with Crippen molar-refractivity contribution in [2.24, 2.45) is 5.92 Å². The highest BCUT2D eigenvalue weighted by molar-refractivity contribution is 6.32. The number of carbonyl (C=O) groups is 1. The molecule has 0 fully saturated rings. The molecule has 5 rings (SSSR count). The van der Waals surface area contributed by atoms with Crippen LogP contribution in [0.5, 0.6) is 5.75 Å². The van der Waals surface area contributed by atoms with Crippen molar-refractivity contribution in [3.05, 3.63) is 99.9 Å². The first kappa shape index (κ1) is 24.1. The third-order valence-electron chi connectivity index (χ3n) is 6.61. The van der Waals surface area contributed by atoms with Gasteiger partial charge in [-0.15, -0.1) is 0 Å². The van der Waals surface area contributed by atoms with Gasteiger partial charge in [-0.1, -0.05) is 48.9 Å². The molecule has 5 nitrogen and oxygen atoms in total. The Morgan fingerprint density at radius 1 is 1.11 bits per heavy atom. The fraction of sp³-hybridized carbons (Fsp3) is 0.267. The van der Waals surface area contributed by atoms with Gasteiger partial charge in [-0.3, -0.25) is 4.79 Å². The zero-order chi connectivity index (χ0) is 25.4. The summed E-state index contributed by atoms with van der Waals surface area (Å²) in [7, 11) is 1.57. The van der Waals surface area contributed by atoms with Crippen molar-refractivity contribution >= 4 is 34.0 Å². The number of ether oxygens (including phenoxy) is 3. The molecule has 0 N–H and O–H groups in total. The van der Waals surface area contributed by atoms with Crippen LogP contribution in [0.4, 0.5) is 0 Å². The number of para-hydroxylation sites is 1. The molecule has 0 spiro atoms. The van der Waals surface area contributed by atoms with Crippen LogP contribution in [0.15, 0.2) is 83.7 Å². The summed E-state index contributed by atoms with van der Waals surface area (Å²) in [6.07, 6.45) is 4.59. The number of rotatable bonds is 6. The zero-order valence-corrected chi connectivity index (χ0v) is 21.6. The SMILES string of the molecule is COc1ccc(C2=C(C3=CC=C(OCc4ccc5ccccc5n4)CC3C)C(=O)C(C)(C)O2)cc1Cl. The lowest BCUT2D eigenvalue weighted by Crippen LogP contribution is -2.30. The molecule has 6 heteroatoms. The van der Waals surface area contributed by atoms with E-state index in [1.807, 2.05) is 48.6 Å². The number of carbonyl (C=O) groups excluding carboxylic acids is 1. The van der Waals surface area contributed by atoms with Gasteiger partial charge in [0.15, 0.2) is 5.60 Å². The molecule has 1 aromatic heterocycles. The molecular weight excluding hydrogens is 474 g/mol. The van der Waals surface area contributed by atoms with Crippen LogP contribution < -0.4 is 4.74 Å². The van der Waals surface area contributed by atoms with Crippen LogP contribution in [0.1, 0.15) is 38.4 Å². The molecule has 1 aliphatic carbocycles. The number of Topliss-reactive ketones (excluding diaryl/α,β-unsaturated/α-hetero) is 1. The number of benzene rings is 2. The molecule has 184 valence electrons. The first-order valence-electron chi connectivity index (χ1n) is 12.0. The van der Waals surface area contributed by atoms with Crippen LogP contribution in [0.3, 0.4) is 0 Å². The molecule has 2 heterocycles. The minimum atomic E-state index is -0.958. The Labute approximate surface area is 216 Å². The summed E-state index contributed by atoms with van der Waals surface area (Å²) in [6, 6.07) is 17.5. The molecule has 0 amide bonds. The Bertz CT molecular complexity index is 1450. The fourth-order valence-corrected chi connectivity index (χ4v) is 4.91. The van der Waals surface area contributed by atoms with E-state index in [4.69, 9.17) is 25.8 Å². The highest BCUT2D eigenvalue weighted by Gasteiger charge is 2.44. The van der Waals surface area contributed by atoms with Crippen LogP contribution in [0, 0.1) is 5.92 Å². The Morgan fingerprint density at radius 3 is 2.67 bits per heavy atom. The van der Waals surface area contributed by atoms with Crippen molar-refractivity contribution in [3.8, 4) is 5.75 Å². The number of hydrogen-bond acceptors (Lipinski definition) is 5. The number of hydrogen-bond donors (Lipinski definition) is 0. The second-order valence-corrected chi connectivity index (χ2v) is 10.0. The van der Waals surface area contributed by atoms with Gasteiger partial charge in [0, 0.05) is 17.4 Å². The highest BCUT2D eigenvalue weighted by atomic mass is 35.5. The predicted octanol–water partition coefficient (Wildman–Crippen LogP) is 7.05. The first-order chi connectivity index (χ1) is 17.3. The number of pyridine rings is 1. The predicted molar refractivity (Wildman–Crippen MR) is 142 cm³/mol. The minimum absolute atomic E-state index is 0.0410. The topological polar surface area (TPSA) is 57.7 Å². The molecule has 1 atom stereocenters. The average Bonchev–Trinajstić information content (AvgIpc) is 3.11. The van der Waals surface area contributed by atoms with Gasteiger partial charge in [-0.05, 0) is 61.7 Å². The summed E-state index contributed by atoms with van der Waals surface area (Å²) in [5.41, 5.74) is 3.15. The van der Waals surface area contributed by atoms with Crippen LogP contribution in [0.25, 0.3) is 16.7 Å². The molecule has 0 saturated heterocycles. The Kier molecular flexibility index (Phi) is 6.35. The lowest BCUT2D eigenvalue weighted by molar-refractivity contribution is -0.126. The number of halogens is 1. The number of fused-ring (bicyclic) bond motifs is 1. The monoisotopic (exact) mass is 501 g/mol. The van der Waals surface area contributed by atoms with Crippen LogP contribution in [-0.2, 0) is 20.9 Å². The van der Waals surface area contributed by atoms with Gasteiger partial charge < -0.3 is 14.2 Å². The molecule has 2 aliphatic rings. The van der Waals surface area contributed by atoms with Gasteiger partial charge in [0.25, 0.3) is 0 Å². The summed E-state index contributed by atoms with van der Waals surface area (Å²) < 4.78 is 17.6. The van der Waals surface area contributed by atoms with E-state index >= 15 is 0 Å². The smallest absolute Gasteiger partial charge is 0.209 e. The van der Waals surface area contributed by atoms with E-state index in [0.29, 0.717) is 35.1 Å². The quantitative estimate of drug-likeness (QED) is 0.362. The van der Waals surface area contributed by atoms with Gasteiger partial charge in [0.1, 0.15) is 18.1 Å². The Morgan fingerprint density at radius 2 is 1.92 bits per heavy atom. The van der Waals surface area contributed by atoms with E-state index < -0.39 is 5.60 Å². The van der Waals surface area contributed by atoms with Crippen LogP contribution in [-0.4, -0.2) is 23.5 Å². The number of allylic oxidation sites excluding steroid dienone is 4. The third kappa shape index (κ3) is 4.51. The summed E-state index contributed by atoms with van der Waals surface area (Å²) >= 11 is 6.38. The number of nitrogens with zero attached hydrogens (tertiary/aromatic N) is 1. The largest absolute Gasteiger partial charge is 0.495 e. The molecule has 1 unspecified atom stereocenters. The van der Waals surface area contributed by atoms with E-state index in [9.17, 15) is 4.79 Å². The lowest BCUT2D eigenvalue weighted by Gasteiger charge is -2.23. The van der Waals surface area contributed by atoms with E-state index in [-0.39, 0.29) is 11.7 Å². The van der Waals surface area contributed by atoms with Crippen LogP contribution >= 0.6 is 11.6 Å². The highest BCUT2D eigenvalue weighted by Crippen LogP contribution is 2.44. The number of aromatic nitrogens is 1. The summed E-state index contributed by atoms with van der Waals surface area (Å²) in [5.74, 6) is 2.00. The van der Waals surface area contributed by atoms with E-state index in [2.05, 4.69) is 18.0 Å². The van der Waals surface area contributed by atoms with Crippen molar-refractivity contribution in [2.45, 2.75) is 39.4 Å². The summed E-state index contributed by atoms with van der Waals surface area (Å²) in [6.45, 7) is 6.07. The molecule has 3 aromatic rings. The minimum Gasteiger partial charge on any atom is -0.495 e. The van der Waals surface area contributed by atoms with Gasteiger partial charge in [0.2, 0.25) is 5.78 Å². The summed E-state index contributed by atoms with van der Waals surface area (Å²) in [4.78, 5) is 18.1. The maximum atomic E-state index is 13.4. The molecule has 0 radical (unpaired) electrons. The maximum absolute atomic E-state index is 13.4. The second-order valence-electron chi connectivity index (χ2n) is 9.64. The molecule has 36 heavy (non-hydrogen) atoms. The van der Waals surface area contributed by atoms with Crippen molar-refractivity contribution in [1.29, 1.82) is 0 Å². The van der Waals surface area contributed by atoms with Crippen molar-refractivity contribution in [3.63, 3.8) is 0 Å². The normalized spacial score (nSPS) is 19.1. The van der Waals surface area contributed by atoms with Gasteiger partial charge in [-0.25, -0.2) is 4.98 Å². The zero-order valence-electron chi connectivity index (χ0n) is 20.8. The molecule has 1 aliphatic heterocycles. The second kappa shape index (κ2) is 9.47. The maximum Gasteiger partial charge on any atom is 0.209 e. The third-order valence-corrected chi connectivity index (χ3v) is 6.90. The van der Waals surface area contributed by atoms with Crippen molar-refractivity contribution in [1.82, 2.24) is 4.98 Å². The van der Waals surface area contributed by atoms with E-state index in [1.54, 1.807) is 33.1 Å². The van der Waals surface area contributed by atoms with E-state index in [1.165, 1.54) is 0 Å². The van der Waals surface area contributed by atoms with Crippen molar-refractivity contribution < 1.29 is 19.0 Å². The molecule has 0 bridgehead atoms. The molecular formula is C30H28ClNO4. The lowest BCUT2D eigenvalue weighted by atomic mass is 9.82. The standard InChI is InChI=1S/C30H28ClNO4/c1-18-15-22(35-17-21-11-9-19-7-5-6-8-25(19)32-21)12-13-23(18)27-28(36-30(2,3)29(27)33)20-10-14-26(34-4)24(31)16-20/h5-14,16,18H,15,17H2,1-4H3. The van der Waals surface area contributed by atoms with Gasteiger partial charge in [0.05, 0.1) is 34.7 Å². The van der Waals surface area contributed by atoms with E-state index in [0.717, 1.165) is 33.5 Å². The Balaban J connectivity index is 1.43. The van der Waals surface area contributed by atoms with Crippen molar-refractivity contribution in [2.75, 3.05) is 7.11 Å². The first-order valence-corrected chi connectivity index (χ1v) is 12.3. The number of methoxy groups -OCH3 is 1. The Hall–Kier alpha value is -3.57. The van der Waals surface area contributed by atoms with Gasteiger partial charge >= 0.3 is 0 Å². The van der Waals surface area contributed by atoms with Gasteiger partial charge in [-0.2, -0.15) is 0 Å². The number of ketones is 1. The average molecular weight is 502 g/mol. The summed E-state index contributed by atoms with van der Waals surface area (Å²) in [5, 5.41) is 1.57. The fourth-order valence-electron chi connectivity index (χ4n) is 4.65. The van der Waals surface area contributed by atoms with Crippen LogP contribution in [0.2, 0.25) is 5.02 Å². The molecule has 0 saturated carbocycles. The molecule has 2 aromatic carbocycles.